The Morgan fingerprint density at radius 1 is 1.12 bits per heavy atom. The second-order valence-electron chi connectivity index (χ2n) is 5.95. The van der Waals surface area contributed by atoms with Crippen molar-refractivity contribution in [3.8, 4) is 5.75 Å². The van der Waals surface area contributed by atoms with E-state index >= 15 is 0 Å². The first-order valence-electron chi connectivity index (χ1n) is 7.49. The van der Waals surface area contributed by atoms with Crippen molar-refractivity contribution in [1.29, 1.82) is 0 Å². The van der Waals surface area contributed by atoms with Crippen molar-refractivity contribution in [3.63, 3.8) is 0 Å². The van der Waals surface area contributed by atoms with E-state index in [-0.39, 0.29) is 11.7 Å². The number of likely N-dealkylation sites (tertiary alicyclic amines) is 1. The van der Waals surface area contributed by atoms with Gasteiger partial charge in [0, 0.05) is 19.2 Å². The Kier molecular flexibility index (Phi) is 10.5. The van der Waals surface area contributed by atoms with Crippen LogP contribution in [0.5, 0.6) is 5.75 Å². The molecule has 5 nitrogen and oxygen atoms in total. The molecule has 2 rings (SSSR count). The van der Waals surface area contributed by atoms with Gasteiger partial charge >= 0.3 is 6.09 Å². The van der Waals surface area contributed by atoms with Gasteiger partial charge in [-0.15, -0.1) is 0 Å². The number of halogens is 2. The molecule has 7 heteroatoms. The van der Waals surface area contributed by atoms with Crippen LogP contribution in [0, 0.1) is 0 Å². The second-order valence-corrected chi connectivity index (χ2v) is 6.77. The minimum Gasteiger partial charge on any atom is -0.497 e. The molecule has 0 spiro atoms. The van der Waals surface area contributed by atoms with Crippen LogP contribution in [0.4, 0.5) is 4.79 Å². The highest BCUT2D eigenvalue weighted by Gasteiger charge is 2.23. The number of hydrogen-bond acceptors (Lipinski definition) is 4. The molecular formula is C17H25Cl2NO4. The van der Waals surface area contributed by atoms with Crippen LogP contribution in [0.2, 0.25) is 10.0 Å². The average molecular weight is 378 g/mol. The summed E-state index contributed by atoms with van der Waals surface area (Å²) in [6.45, 7) is 9.38. The van der Waals surface area contributed by atoms with Gasteiger partial charge < -0.3 is 19.2 Å². The molecule has 1 saturated heterocycles. The highest BCUT2D eigenvalue weighted by Crippen LogP contribution is 2.25. The van der Waals surface area contributed by atoms with E-state index in [1.165, 1.54) is 0 Å². The molecule has 0 bridgehead atoms. The predicted molar refractivity (Wildman–Crippen MR) is 97.2 cm³/mol. The number of carbonyl (C=O) groups is 2. The SMILES string of the molecule is C=O.CC(C)(C)OC(=O)N1CCCC1.COc1ccc(Cl)c(Cl)c1. The minimum atomic E-state index is -0.361. The molecule has 0 radical (unpaired) electrons. The molecule has 1 fully saturated rings. The Morgan fingerprint density at radius 3 is 2.08 bits per heavy atom. The molecule has 0 aromatic heterocycles. The summed E-state index contributed by atoms with van der Waals surface area (Å²) >= 11 is 11.3. The van der Waals surface area contributed by atoms with Crippen LogP contribution < -0.4 is 4.74 Å². The van der Waals surface area contributed by atoms with Gasteiger partial charge in [-0.25, -0.2) is 4.79 Å². The van der Waals surface area contributed by atoms with Crippen LogP contribution in [0.15, 0.2) is 18.2 Å². The lowest BCUT2D eigenvalue weighted by Crippen LogP contribution is -2.34. The Bertz CT molecular complexity index is 512. The largest absolute Gasteiger partial charge is 0.497 e. The first-order chi connectivity index (χ1) is 11.2. The van der Waals surface area contributed by atoms with Crippen LogP contribution in [0.3, 0.4) is 0 Å². The lowest BCUT2D eigenvalue weighted by atomic mass is 10.2. The van der Waals surface area contributed by atoms with Gasteiger partial charge in [-0.05, 0) is 45.7 Å². The molecule has 1 aromatic carbocycles. The molecule has 0 N–H and O–H groups in total. The summed E-state index contributed by atoms with van der Waals surface area (Å²) in [6.07, 6.45) is 2.05. The molecule has 0 atom stereocenters. The number of hydrogen-bond donors (Lipinski definition) is 0. The van der Waals surface area contributed by atoms with Gasteiger partial charge in [0.05, 0.1) is 17.2 Å². The molecule has 24 heavy (non-hydrogen) atoms. The number of rotatable bonds is 1. The monoisotopic (exact) mass is 377 g/mol. The van der Waals surface area contributed by atoms with Crippen LogP contribution in [0.25, 0.3) is 0 Å². The Morgan fingerprint density at radius 2 is 1.67 bits per heavy atom. The van der Waals surface area contributed by atoms with Crippen molar-refractivity contribution < 1.29 is 19.1 Å². The van der Waals surface area contributed by atoms with E-state index in [4.69, 9.17) is 37.5 Å². The zero-order chi connectivity index (χ0) is 18.8. The molecular weight excluding hydrogens is 353 g/mol. The fourth-order valence-corrected chi connectivity index (χ4v) is 2.12. The Hall–Kier alpha value is -1.46. The minimum absolute atomic E-state index is 0.167. The molecule has 1 aliphatic heterocycles. The average Bonchev–Trinajstić information content (AvgIpc) is 3.06. The number of methoxy groups -OCH3 is 1. The number of benzene rings is 1. The predicted octanol–water partition coefficient (Wildman–Crippen LogP) is 4.83. The van der Waals surface area contributed by atoms with Crippen molar-refractivity contribution in [3.05, 3.63) is 28.2 Å². The van der Waals surface area contributed by atoms with E-state index in [1.807, 2.05) is 27.6 Å². The molecule has 1 amide bonds. The first-order valence-corrected chi connectivity index (χ1v) is 8.24. The van der Waals surface area contributed by atoms with Crippen molar-refractivity contribution in [1.82, 2.24) is 4.90 Å². The molecule has 1 aromatic rings. The first kappa shape index (κ1) is 22.5. The van der Waals surface area contributed by atoms with Crippen LogP contribution in [0.1, 0.15) is 33.6 Å². The fourth-order valence-electron chi connectivity index (χ4n) is 1.83. The van der Waals surface area contributed by atoms with Crippen molar-refractivity contribution in [2.24, 2.45) is 0 Å². The third-order valence-corrected chi connectivity index (χ3v) is 3.62. The topological polar surface area (TPSA) is 55.8 Å². The fraction of sp³-hybridized carbons (Fsp3) is 0.529. The lowest BCUT2D eigenvalue weighted by molar-refractivity contribution is -0.0980. The van der Waals surface area contributed by atoms with Gasteiger partial charge in [-0.3, -0.25) is 0 Å². The quantitative estimate of drug-likeness (QED) is 0.702. The maximum absolute atomic E-state index is 11.4. The third-order valence-electron chi connectivity index (χ3n) is 2.88. The standard InChI is InChI=1S/C9H17NO2.C7H6Cl2O.CH2O/c1-9(2,3)12-8(11)10-6-4-5-7-10;1-10-5-2-3-6(8)7(9)4-5;1-2/h4-7H2,1-3H3;2-4H,1H3;1H2. The summed E-state index contributed by atoms with van der Waals surface area (Å²) in [6, 6.07) is 5.13. The Labute approximate surface area is 153 Å². The highest BCUT2D eigenvalue weighted by molar-refractivity contribution is 6.42. The van der Waals surface area contributed by atoms with Gasteiger partial charge in [-0.1, -0.05) is 23.2 Å². The number of nitrogens with zero attached hydrogens (tertiary/aromatic N) is 1. The molecule has 0 aliphatic carbocycles. The second kappa shape index (κ2) is 11.2. The van der Waals surface area contributed by atoms with E-state index in [1.54, 1.807) is 30.2 Å². The normalized spacial score (nSPS) is 13.2. The maximum atomic E-state index is 11.4. The van der Waals surface area contributed by atoms with E-state index in [9.17, 15) is 4.79 Å². The van der Waals surface area contributed by atoms with E-state index < -0.39 is 0 Å². The molecule has 136 valence electrons. The third kappa shape index (κ3) is 8.99. The van der Waals surface area contributed by atoms with E-state index in [0.717, 1.165) is 31.7 Å². The van der Waals surface area contributed by atoms with Gasteiger partial charge in [0.15, 0.2) is 0 Å². The highest BCUT2D eigenvalue weighted by atomic mass is 35.5. The summed E-state index contributed by atoms with van der Waals surface area (Å²) in [7, 11) is 1.58. The zero-order valence-corrected chi connectivity index (χ0v) is 16.1. The van der Waals surface area contributed by atoms with Crippen LogP contribution in [-0.2, 0) is 9.53 Å². The summed E-state index contributed by atoms with van der Waals surface area (Å²) in [5.41, 5.74) is -0.361. The van der Waals surface area contributed by atoms with E-state index in [2.05, 4.69) is 0 Å². The maximum Gasteiger partial charge on any atom is 0.410 e. The smallest absolute Gasteiger partial charge is 0.410 e. The van der Waals surface area contributed by atoms with E-state index in [0.29, 0.717) is 10.0 Å². The summed E-state index contributed by atoms with van der Waals surface area (Å²) in [5, 5.41) is 1.06. The summed E-state index contributed by atoms with van der Waals surface area (Å²) < 4.78 is 10.1. The van der Waals surface area contributed by atoms with Crippen LogP contribution >= 0.6 is 23.2 Å². The molecule has 1 aliphatic rings. The number of amides is 1. The summed E-state index contributed by atoms with van der Waals surface area (Å²) in [4.78, 5) is 21.1. The Balaban J connectivity index is 0.000000405. The lowest BCUT2D eigenvalue weighted by Gasteiger charge is -2.23. The molecule has 1 heterocycles. The van der Waals surface area contributed by atoms with Crippen molar-refractivity contribution in [2.75, 3.05) is 20.2 Å². The van der Waals surface area contributed by atoms with Crippen molar-refractivity contribution in [2.45, 2.75) is 39.2 Å². The number of ether oxygens (including phenoxy) is 2. The van der Waals surface area contributed by atoms with Gasteiger partial charge in [0.1, 0.15) is 18.1 Å². The molecule has 0 unspecified atom stereocenters. The summed E-state index contributed by atoms with van der Waals surface area (Å²) in [5.74, 6) is 0.717. The van der Waals surface area contributed by atoms with Gasteiger partial charge in [0.2, 0.25) is 0 Å². The molecule has 0 saturated carbocycles. The van der Waals surface area contributed by atoms with Gasteiger partial charge in [0.25, 0.3) is 0 Å². The number of carbonyl (C=O) groups excluding carboxylic acids is 2. The zero-order valence-electron chi connectivity index (χ0n) is 14.6. The van der Waals surface area contributed by atoms with Crippen molar-refractivity contribution >= 4 is 36.1 Å². The van der Waals surface area contributed by atoms with Gasteiger partial charge in [-0.2, -0.15) is 0 Å². The van der Waals surface area contributed by atoms with Crippen LogP contribution in [-0.4, -0.2) is 43.6 Å².